The lowest BCUT2D eigenvalue weighted by molar-refractivity contribution is -0.478. The zero-order valence-corrected chi connectivity index (χ0v) is 12.5. The summed E-state index contributed by atoms with van der Waals surface area (Å²) in [6.07, 6.45) is 4.29. The maximum atomic E-state index is 12.2. The Balaban J connectivity index is 2.54. The molecule has 1 aliphatic heterocycles. The van der Waals surface area contributed by atoms with Crippen LogP contribution in [0.2, 0.25) is 0 Å². The molecule has 0 saturated carbocycles. The van der Waals surface area contributed by atoms with E-state index in [1.165, 1.54) is 0 Å². The van der Waals surface area contributed by atoms with E-state index in [2.05, 4.69) is 14.4 Å². The molecule has 1 saturated heterocycles. The molecule has 0 N–H and O–H groups in total. The van der Waals surface area contributed by atoms with Crippen LogP contribution < -0.4 is 0 Å². The van der Waals surface area contributed by atoms with Crippen LogP contribution in [0.15, 0.2) is 12.2 Å². The van der Waals surface area contributed by atoms with Crippen LogP contribution in [-0.2, 0) is 23.9 Å². The average molecular weight is 276 g/mol. The molecule has 1 rings (SSSR count). The van der Waals surface area contributed by atoms with E-state index in [0.29, 0.717) is 6.16 Å². The van der Waals surface area contributed by atoms with Crippen molar-refractivity contribution in [2.24, 2.45) is 10.8 Å². The van der Waals surface area contributed by atoms with Crippen LogP contribution in [0.3, 0.4) is 0 Å². The van der Waals surface area contributed by atoms with Crippen LogP contribution in [0, 0.1) is 10.8 Å². The van der Waals surface area contributed by atoms with Gasteiger partial charge in [-0.3, -0.25) is 4.79 Å². The van der Waals surface area contributed by atoms with Gasteiger partial charge < -0.3 is 4.74 Å². The number of hydrogen-bond acceptors (Lipinski definition) is 5. The van der Waals surface area contributed by atoms with Crippen molar-refractivity contribution in [3.8, 4) is 0 Å². The molecular weight excluding hydrogens is 255 g/mol. The van der Waals surface area contributed by atoms with Crippen molar-refractivity contribution in [1.82, 2.24) is 0 Å². The second-order valence-corrected chi connectivity index (χ2v) is 6.77. The maximum Gasteiger partial charge on any atom is 0.316 e. The van der Waals surface area contributed by atoms with E-state index < -0.39 is 13.8 Å². The lowest BCUT2D eigenvalue weighted by Crippen LogP contribution is -2.40. The highest BCUT2D eigenvalue weighted by molar-refractivity contribution is 7.47. The van der Waals surface area contributed by atoms with Gasteiger partial charge in [0.25, 0.3) is 8.38 Å². The fourth-order valence-corrected chi connectivity index (χ4v) is 2.00. The first-order valence-electron chi connectivity index (χ1n) is 5.91. The summed E-state index contributed by atoms with van der Waals surface area (Å²) in [5.41, 5.74) is -0.860. The van der Waals surface area contributed by atoms with Crippen molar-refractivity contribution in [3.05, 3.63) is 12.2 Å². The van der Waals surface area contributed by atoms with Crippen LogP contribution in [0.1, 0.15) is 34.6 Å². The molecule has 1 heterocycles. The van der Waals surface area contributed by atoms with Gasteiger partial charge >= 0.3 is 5.97 Å². The van der Waals surface area contributed by atoms with Crippen molar-refractivity contribution in [2.45, 2.75) is 34.6 Å². The summed E-state index contributed by atoms with van der Waals surface area (Å²) >= 11 is 0. The average Bonchev–Trinajstić information content (AvgIpc) is 2.20. The Bertz CT molecular complexity index is 319. The first-order valence-corrected chi connectivity index (χ1v) is 7.27. The van der Waals surface area contributed by atoms with Gasteiger partial charge in [-0.25, -0.2) is 0 Å². The minimum absolute atomic E-state index is 0.214. The Kier molecular flexibility index (Phi) is 5.29. The second-order valence-electron chi connectivity index (χ2n) is 5.36. The molecule has 0 aromatic heterocycles. The van der Waals surface area contributed by atoms with Crippen LogP contribution in [0.5, 0.6) is 0 Å². The smallest absolute Gasteiger partial charge is 0.316 e. The van der Waals surface area contributed by atoms with Gasteiger partial charge in [0.05, 0.1) is 18.2 Å². The largest absolute Gasteiger partial charge is 0.464 e. The SMILES string of the molecule is CC=CC(C)(C(=O)OCCP1OOO1)C(C)(C)C. The molecule has 0 aromatic carbocycles. The summed E-state index contributed by atoms with van der Waals surface area (Å²) in [7, 11) is -1.02. The molecule has 0 aromatic rings. The molecule has 0 bridgehead atoms. The van der Waals surface area contributed by atoms with Crippen LogP contribution >= 0.6 is 8.38 Å². The van der Waals surface area contributed by atoms with E-state index >= 15 is 0 Å². The van der Waals surface area contributed by atoms with Crippen molar-refractivity contribution < 1.29 is 23.9 Å². The molecule has 104 valence electrons. The summed E-state index contributed by atoms with van der Waals surface area (Å²) in [5.74, 6) is -0.232. The predicted molar refractivity (Wildman–Crippen MR) is 68.4 cm³/mol. The van der Waals surface area contributed by atoms with Crippen LogP contribution in [0.4, 0.5) is 0 Å². The molecule has 1 aliphatic rings. The molecule has 0 aliphatic carbocycles. The Hall–Kier alpha value is -0.480. The van der Waals surface area contributed by atoms with E-state index in [1.54, 1.807) is 0 Å². The first-order chi connectivity index (χ1) is 8.31. The summed E-state index contributed by atoms with van der Waals surface area (Å²) in [6.45, 7) is 10.1. The van der Waals surface area contributed by atoms with Crippen LogP contribution in [0.25, 0.3) is 0 Å². The molecular formula is C12H21O5P. The number of rotatable bonds is 5. The number of esters is 1. The standard InChI is InChI=1S/C12H21O5P/c1-6-7-12(5,11(2,3)4)10(13)14-8-9-18-16-15-17-18/h6-7H,8-9H2,1-5H3. The minimum atomic E-state index is -1.02. The highest BCUT2D eigenvalue weighted by Gasteiger charge is 2.43. The van der Waals surface area contributed by atoms with E-state index in [0.717, 1.165) is 0 Å². The topological polar surface area (TPSA) is 54.0 Å². The second kappa shape index (κ2) is 6.11. The van der Waals surface area contributed by atoms with Gasteiger partial charge in [0.15, 0.2) is 0 Å². The van der Waals surface area contributed by atoms with Gasteiger partial charge in [-0.1, -0.05) is 38.0 Å². The minimum Gasteiger partial charge on any atom is -0.464 e. The molecule has 18 heavy (non-hydrogen) atoms. The number of allylic oxidation sites excluding steroid dienone is 1. The van der Waals surface area contributed by atoms with Crippen molar-refractivity contribution in [2.75, 3.05) is 12.8 Å². The van der Waals surface area contributed by atoms with Crippen LogP contribution in [-0.4, -0.2) is 18.7 Å². The summed E-state index contributed by atoms with van der Waals surface area (Å²) in [5, 5.41) is 4.13. The molecule has 0 amide bonds. The van der Waals surface area contributed by atoms with Crippen molar-refractivity contribution in [3.63, 3.8) is 0 Å². The Labute approximate surface area is 109 Å². The van der Waals surface area contributed by atoms with Gasteiger partial charge in [-0.2, -0.15) is 9.35 Å². The lowest BCUT2D eigenvalue weighted by atomic mass is 9.67. The number of hydrogen-bond donors (Lipinski definition) is 0. The zero-order valence-electron chi connectivity index (χ0n) is 11.6. The van der Waals surface area contributed by atoms with Gasteiger partial charge in [-0.05, 0) is 19.3 Å². The fourth-order valence-electron chi connectivity index (χ4n) is 1.47. The molecule has 1 fully saturated rings. The van der Waals surface area contributed by atoms with Gasteiger partial charge in [0.1, 0.15) is 0 Å². The molecule has 1 atom stereocenters. The summed E-state index contributed by atoms with van der Waals surface area (Å²) in [6, 6.07) is 0. The predicted octanol–water partition coefficient (Wildman–Crippen LogP) is 3.36. The molecule has 1 unspecified atom stereocenters. The third-order valence-electron chi connectivity index (χ3n) is 3.22. The highest BCUT2D eigenvalue weighted by atomic mass is 31.2. The molecule has 6 heteroatoms. The Morgan fingerprint density at radius 3 is 2.28 bits per heavy atom. The van der Waals surface area contributed by atoms with Crippen molar-refractivity contribution >= 4 is 14.3 Å². The van der Waals surface area contributed by atoms with Gasteiger partial charge in [-0.15, -0.1) is 0 Å². The lowest BCUT2D eigenvalue weighted by Gasteiger charge is -2.37. The third kappa shape index (κ3) is 3.51. The Morgan fingerprint density at radius 1 is 1.28 bits per heavy atom. The quantitative estimate of drug-likeness (QED) is 0.333. The first kappa shape index (κ1) is 15.6. The summed E-state index contributed by atoms with van der Waals surface area (Å²) in [4.78, 5) is 12.2. The number of carbonyl (C=O) groups is 1. The molecule has 0 spiro atoms. The Morgan fingerprint density at radius 2 is 1.89 bits per heavy atom. The molecule has 5 nitrogen and oxygen atoms in total. The third-order valence-corrected chi connectivity index (χ3v) is 4.22. The summed E-state index contributed by atoms with van der Waals surface area (Å²) < 4.78 is 14.6. The zero-order chi connectivity index (χ0) is 13.8. The van der Waals surface area contributed by atoms with E-state index in [4.69, 9.17) is 4.74 Å². The highest BCUT2D eigenvalue weighted by Crippen LogP contribution is 2.47. The maximum absolute atomic E-state index is 12.2. The number of ether oxygens (including phenoxy) is 1. The van der Waals surface area contributed by atoms with E-state index in [-0.39, 0.29) is 18.0 Å². The monoisotopic (exact) mass is 276 g/mol. The van der Waals surface area contributed by atoms with E-state index in [9.17, 15) is 4.79 Å². The number of carbonyl (C=O) groups excluding carboxylic acids is 1. The normalized spacial score (nSPS) is 20.5. The van der Waals surface area contributed by atoms with Gasteiger partial charge in [0.2, 0.25) is 0 Å². The van der Waals surface area contributed by atoms with E-state index in [1.807, 2.05) is 46.8 Å². The van der Waals surface area contributed by atoms with Crippen molar-refractivity contribution in [1.29, 1.82) is 0 Å². The fraction of sp³-hybridized carbons (Fsp3) is 0.750. The molecule has 0 radical (unpaired) electrons. The van der Waals surface area contributed by atoms with Gasteiger partial charge in [0, 0.05) is 0 Å².